The first-order chi connectivity index (χ1) is 9.16. The van der Waals surface area contributed by atoms with Crippen LogP contribution >= 0.6 is 0 Å². The third-order valence-corrected chi connectivity index (χ3v) is 3.14. The van der Waals surface area contributed by atoms with Gasteiger partial charge in [-0.3, -0.25) is 0 Å². The smallest absolute Gasteiger partial charge is 0.335 e. The van der Waals surface area contributed by atoms with E-state index >= 15 is 0 Å². The summed E-state index contributed by atoms with van der Waals surface area (Å²) in [6.45, 7) is 1.33. The van der Waals surface area contributed by atoms with Crippen LogP contribution in [-0.2, 0) is 16.1 Å². The van der Waals surface area contributed by atoms with E-state index in [1.807, 2.05) is 0 Å². The molecule has 1 atom stereocenters. The molecule has 1 unspecified atom stereocenters. The predicted octanol–water partition coefficient (Wildman–Crippen LogP) is 2.61. The highest BCUT2D eigenvalue weighted by molar-refractivity contribution is 5.87. The van der Waals surface area contributed by atoms with E-state index in [0.717, 1.165) is 31.9 Å². The van der Waals surface area contributed by atoms with Gasteiger partial charge in [-0.05, 0) is 31.4 Å². The van der Waals surface area contributed by atoms with E-state index in [4.69, 9.17) is 14.6 Å². The van der Waals surface area contributed by atoms with Crippen LogP contribution in [-0.4, -0.2) is 30.4 Å². The van der Waals surface area contributed by atoms with Gasteiger partial charge in [-0.2, -0.15) is 0 Å². The predicted molar refractivity (Wildman–Crippen MR) is 66.6 cm³/mol. The zero-order valence-corrected chi connectivity index (χ0v) is 10.6. The molecular formula is C14H17FO4. The minimum absolute atomic E-state index is 0.0585. The molecule has 0 amide bonds. The van der Waals surface area contributed by atoms with Crippen molar-refractivity contribution in [3.05, 3.63) is 35.1 Å². The van der Waals surface area contributed by atoms with E-state index in [1.54, 1.807) is 0 Å². The SMILES string of the molecule is O=C(O)c1ccc(COCC2CCCCO2)c(F)c1. The van der Waals surface area contributed by atoms with E-state index in [2.05, 4.69) is 0 Å². The molecule has 4 nitrogen and oxygen atoms in total. The summed E-state index contributed by atoms with van der Waals surface area (Å²) in [5.41, 5.74) is 0.303. The minimum atomic E-state index is -1.14. The number of carboxylic acids is 1. The molecule has 0 saturated carbocycles. The molecule has 1 N–H and O–H groups in total. The van der Waals surface area contributed by atoms with Crippen LogP contribution in [0.3, 0.4) is 0 Å². The Kier molecular flexibility index (Phi) is 4.87. The second-order valence-corrected chi connectivity index (χ2v) is 4.62. The molecule has 0 aliphatic carbocycles. The average molecular weight is 268 g/mol. The molecule has 19 heavy (non-hydrogen) atoms. The van der Waals surface area contributed by atoms with Crippen molar-refractivity contribution in [3.8, 4) is 0 Å². The Balaban J connectivity index is 1.83. The van der Waals surface area contributed by atoms with Gasteiger partial charge in [0.1, 0.15) is 5.82 Å². The molecular weight excluding hydrogens is 251 g/mol. The summed E-state index contributed by atoms with van der Waals surface area (Å²) < 4.78 is 24.5. The van der Waals surface area contributed by atoms with Gasteiger partial charge < -0.3 is 14.6 Å². The number of ether oxygens (including phenoxy) is 2. The van der Waals surface area contributed by atoms with E-state index in [0.29, 0.717) is 12.2 Å². The summed E-state index contributed by atoms with van der Waals surface area (Å²) in [4.78, 5) is 10.7. The van der Waals surface area contributed by atoms with Crippen LogP contribution in [0, 0.1) is 5.82 Å². The normalized spacial score (nSPS) is 19.3. The van der Waals surface area contributed by atoms with Gasteiger partial charge in [0.15, 0.2) is 0 Å². The van der Waals surface area contributed by atoms with Crippen LogP contribution in [0.2, 0.25) is 0 Å². The Labute approximate surface area is 111 Å². The number of benzene rings is 1. The van der Waals surface area contributed by atoms with Crippen LogP contribution in [0.1, 0.15) is 35.2 Å². The summed E-state index contributed by atoms with van der Waals surface area (Å²) in [6.07, 6.45) is 3.29. The van der Waals surface area contributed by atoms with Crippen LogP contribution in [0.15, 0.2) is 18.2 Å². The van der Waals surface area contributed by atoms with Gasteiger partial charge in [0, 0.05) is 12.2 Å². The summed E-state index contributed by atoms with van der Waals surface area (Å²) in [6, 6.07) is 3.83. The number of aromatic carboxylic acids is 1. The monoisotopic (exact) mass is 268 g/mol. The lowest BCUT2D eigenvalue weighted by Crippen LogP contribution is -2.24. The minimum Gasteiger partial charge on any atom is -0.478 e. The summed E-state index contributed by atoms with van der Waals surface area (Å²) in [5.74, 6) is -1.69. The molecule has 0 spiro atoms. The molecule has 2 rings (SSSR count). The van der Waals surface area contributed by atoms with Crippen molar-refractivity contribution in [2.45, 2.75) is 32.0 Å². The van der Waals surface area contributed by atoms with Crippen LogP contribution in [0.5, 0.6) is 0 Å². The Hall–Kier alpha value is -1.46. The third-order valence-electron chi connectivity index (χ3n) is 3.14. The Morgan fingerprint density at radius 3 is 2.95 bits per heavy atom. The van der Waals surface area contributed by atoms with E-state index in [1.165, 1.54) is 12.1 Å². The summed E-state index contributed by atoms with van der Waals surface area (Å²) in [5, 5.41) is 8.73. The fraction of sp³-hybridized carbons (Fsp3) is 0.500. The first-order valence-corrected chi connectivity index (χ1v) is 6.38. The van der Waals surface area contributed by atoms with Gasteiger partial charge >= 0.3 is 5.97 Å². The van der Waals surface area contributed by atoms with Crippen LogP contribution in [0.4, 0.5) is 4.39 Å². The number of hydrogen-bond donors (Lipinski definition) is 1. The van der Waals surface area contributed by atoms with E-state index in [-0.39, 0.29) is 18.3 Å². The van der Waals surface area contributed by atoms with E-state index < -0.39 is 11.8 Å². The topological polar surface area (TPSA) is 55.8 Å². The molecule has 1 aliphatic heterocycles. The highest BCUT2D eigenvalue weighted by Crippen LogP contribution is 2.15. The number of halogens is 1. The Morgan fingerprint density at radius 2 is 2.32 bits per heavy atom. The maximum atomic E-state index is 13.6. The number of hydrogen-bond acceptors (Lipinski definition) is 3. The second kappa shape index (κ2) is 6.63. The lowest BCUT2D eigenvalue weighted by atomic mass is 10.1. The van der Waals surface area contributed by atoms with Crippen molar-refractivity contribution in [2.24, 2.45) is 0 Å². The highest BCUT2D eigenvalue weighted by Gasteiger charge is 2.14. The maximum Gasteiger partial charge on any atom is 0.335 e. The van der Waals surface area contributed by atoms with Crippen molar-refractivity contribution in [1.29, 1.82) is 0 Å². The zero-order chi connectivity index (χ0) is 13.7. The number of rotatable bonds is 5. The molecule has 1 aliphatic rings. The molecule has 1 heterocycles. The standard InChI is InChI=1S/C14H17FO4/c15-13-7-10(14(16)17)4-5-11(13)8-18-9-12-3-1-2-6-19-12/h4-5,7,12H,1-3,6,8-9H2,(H,16,17). The van der Waals surface area contributed by atoms with Gasteiger partial charge in [-0.25, -0.2) is 9.18 Å². The maximum absolute atomic E-state index is 13.6. The molecule has 1 fully saturated rings. The van der Waals surface area contributed by atoms with Crippen molar-refractivity contribution in [3.63, 3.8) is 0 Å². The van der Waals surface area contributed by atoms with Gasteiger partial charge in [0.2, 0.25) is 0 Å². The average Bonchev–Trinajstić information content (AvgIpc) is 2.41. The van der Waals surface area contributed by atoms with Crippen molar-refractivity contribution in [2.75, 3.05) is 13.2 Å². The molecule has 0 bridgehead atoms. The third kappa shape index (κ3) is 4.01. The van der Waals surface area contributed by atoms with Crippen LogP contribution < -0.4 is 0 Å². The van der Waals surface area contributed by atoms with Gasteiger partial charge in [-0.15, -0.1) is 0 Å². The quantitative estimate of drug-likeness (QED) is 0.891. The lowest BCUT2D eigenvalue weighted by Gasteiger charge is -2.22. The van der Waals surface area contributed by atoms with Crippen molar-refractivity contribution in [1.82, 2.24) is 0 Å². The van der Waals surface area contributed by atoms with Crippen molar-refractivity contribution < 1.29 is 23.8 Å². The van der Waals surface area contributed by atoms with Gasteiger partial charge in [0.05, 0.1) is 24.9 Å². The molecule has 0 aromatic heterocycles. The molecule has 0 radical (unpaired) electrons. The second-order valence-electron chi connectivity index (χ2n) is 4.62. The lowest BCUT2D eigenvalue weighted by molar-refractivity contribution is -0.0451. The number of carbonyl (C=O) groups is 1. The Morgan fingerprint density at radius 1 is 1.47 bits per heavy atom. The summed E-state index contributed by atoms with van der Waals surface area (Å²) >= 11 is 0. The fourth-order valence-electron chi connectivity index (χ4n) is 2.04. The molecule has 1 saturated heterocycles. The fourth-order valence-corrected chi connectivity index (χ4v) is 2.04. The summed E-state index contributed by atoms with van der Waals surface area (Å²) in [7, 11) is 0. The largest absolute Gasteiger partial charge is 0.478 e. The van der Waals surface area contributed by atoms with E-state index in [9.17, 15) is 9.18 Å². The van der Waals surface area contributed by atoms with Gasteiger partial charge in [0.25, 0.3) is 0 Å². The molecule has 1 aromatic rings. The van der Waals surface area contributed by atoms with Crippen molar-refractivity contribution >= 4 is 5.97 Å². The van der Waals surface area contributed by atoms with Gasteiger partial charge in [-0.1, -0.05) is 6.07 Å². The molecule has 104 valence electrons. The highest BCUT2D eigenvalue weighted by atomic mass is 19.1. The number of carboxylic acid groups (broad SMARTS) is 1. The first-order valence-electron chi connectivity index (χ1n) is 6.38. The zero-order valence-electron chi connectivity index (χ0n) is 10.6. The Bertz CT molecular complexity index is 441. The van der Waals surface area contributed by atoms with Crippen LogP contribution in [0.25, 0.3) is 0 Å². The molecule has 5 heteroatoms. The molecule has 1 aromatic carbocycles. The first kappa shape index (κ1) is 14.0.